The van der Waals surface area contributed by atoms with E-state index in [9.17, 15) is 13.2 Å². The number of rotatable bonds is 5. The van der Waals surface area contributed by atoms with E-state index in [1.54, 1.807) is 0 Å². The monoisotopic (exact) mass is 335 g/mol. The lowest BCUT2D eigenvalue weighted by Crippen LogP contribution is -2.36. The van der Waals surface area contributed by atoms with Gasteiger partial charge in [-0.3, -0.25) is 4.79 Å². The van der Waals surface area contributed by atoms with Crippen LogP contribution in [-0.2, 0) is 13.8 Å². The van der Waals surface area contributed by atoms with Crippen molar-refractivity contribution in [3.63, 3.8) is 0 Å². The molecule has 0 fully saturated rings. The molecule has 0 aliphatic heterocycles. The predicted molar refractivity (Wildman–Crippen MR) is 76.4 cm³/mol. The summed E-state index contributed by atoms with van der Waals surface area (Å²) in [4.78, 5) is 11.4. The Morgan fingerprint density at radius 3 is 2.70 bits per heavy atom. The van der Waals surface area contributed by atoms with E-state index >= 15 is 0 Å². The van der Waals surface area contributed by atoms with Crippen LogP contribution in [0.2, 0.25) is 5.02 Å². The van der Waals surface area contributed by atoms with Gasteiger partial charge < -0.3 is 10.1 Å². The lowest BCUT2D eigenvalue weighted by molar-refractivity contribution is -0.126. The first-order chi connectivity index (χ1) is 9.25. The van der Waals surface area contributed by atoms with Gasteiger partial charge in [-0.05, 0) is 25.1 Å². The fourth-order valence-corrected chi connectivity index (χ4v) is 2.32. The smallest absolute Gasteiger partial charge is 0.261 e. The van der Waals surface area contributed by atoms with E-state index in [-0.39, 0.29) is 22.2 Å². The van der Waals surface area contributed by atoms with Crippen molar-refractivity contribution in [2.75, 3.05) is 6.54 Å². The molecule has 0 spiro atoms. The van der Waals surface area contributed by atoms with Crippen LogP contribution in [0.3, 0.4) is 0 Å². The zero-order valence-corrected chi connectivity index (χ0v) is 12.7. The van der Waals surface area contributed by atoms with Crippen LogP contribution in [0.15, 0.2) is 23.1 Å². The molecule has 1 aromatic rings. The van der Waals surface area contributed by atoms with E-state index in [1.165, 1.54) is 19.1 Å². The normalized spacial score (nSPS) is 12.3. The highest BCUT2D eigenvalue weighted by molar-refractivity contribution is 8.13. The fourth-order valence-electron chi connectivity index (χ4n) is 1.25. The van der Waals surface area contributed by atoms with Gasteiger partial charge in [-0.1, -0.05) is 17.5 Å². The van der Waals surface area contributed by atoms with E-state index in [2.05, 4.69) is 11.2 Å². The van der Waals surface area contributed by atoms with Gasteiger partial charge in [0.15, 0.2) is 6.10 Å². The van der Waals surface area contributed by atoms with Crippen LogP contribution in [0, 0.1) is 12.3 Å². The highest BCUT2D eigenvalue weighted by Crippen LogP contribution is 2.29. The molecule has 20 heavy (non-hydrogen) atoms. The van der Waals surface area contributed by atoms with Gasteiger partial charge in [-0.2, -0.15) is 0 Å². The van der Waals surface area contributed by atoms with Crippen LogP contribution < -0.4 is 10.1 Å². The van der Waals surface area contributed by atoms with Gasteiger partial charge in [0, 0.05) is 10.7 Å². The van der Waals surface area contributed by atoms with Gasteiger partial charge >= 0.3 is 0 Å². The second-order valence-corrected chi connectivity index (χ2v) is 6.69. The number of hydrogen-bond acceptors (Lipinski definition) is 4. The molecule has 0 radical (unpaired) electrons. The summed E-state index contributed by atoms with van der Waals surface area (Å²) in [6.07, 6.45) is 4.18. The molecule has 0 bridgehead atoms. The number of carbonyl (C=O) groups is 1. The maximum Gasteiger partial charge on any atom is 0.261 e. The van der Waals surface area contributed by atoms with Crippen molar-refractivity contribution in [2.45, 2.75) is 17.9 Å². The minimum atomic E-state index is -3.87. The number of hydrogen-bond donors (Lipinski definition) is 1. The molecule has 8 heteroatoms. The van der Waals surface area contributed by atoms with Crippen LogP contribution in [0.5, 0.6) is 5.75 Å². The molecular weight excluding hydrogens is 325 g/mol. The molecule has 0 saturated heterocycles. The highest BCUT2D eigenvalue weighted by Gasteiger charge is 2.17. The van der Waals surface area contributed by atoms with Crippen molar-refractivity contribution in [3.8, 4) is 18.1 Å². The first-order valence-corrected chi connectivity index (χ1v) is 8.06. The molecule has 1 rings (SSSR count). The van der Waals surface area contributed by atoms with Crippen LogP contribution in [-0.4, -0.2) is 27.0 Å². The molecule has 5 nitrogen and oxygen atoms in total. The molecule has 0 aliphatic carbocycles. The Hall–Kier alpha value is -1.42. The third kappa shape index (κ3) is 4.60. The lowest BCUT2D eigenvalue weighted by atomic mass is 10.3. The third-order valence-electron chi connectivity index (χ3n) is 2.22. The van der Waals surface area contributed by atoms with E-state index in [1.807, 2.05) is 0 Å². The Bertz CT molecular complexity index is 652. The lowest BCUT2D eigenvalue weighted by Gasteiger charge is -2.15. The second kappa shape index (κ2) is 6.84. The van der Waals surface area contributed by atoms with Gasteiger partial charge in [0.2, 0.25) is 0 Å². The number of halogens is 2. The summed E-state index contributed by atoms with van der Waals surface area (Å²) in [6.45, 7) is 1.60. The maximum absolute atomic E-state index is 11.6. The molecule has 1 aromatic carbocycles. The average Bonchev–Trinajstić information content (AvgIpc) is 2.36. The van der Waals surface area contributed by atoms with Gasteiger partial charge in [0.05, 0.1) is 16.5 Å². The summed E-state index contributed by atoms with van der Waals surface area (Å²) >= 11 is 5.88. The van der Waals surface area contributed by atoms with Gasteiger partial charge in [0.25, 0.3) is 15.0 Å². The van der Waals surface area contributed by atoms with Crippen molar-refractivity contribution in [1.29, 1.82) is 0 Å². The molecule has 0 heterocycles. The number of terminal acetylenes is 1. The van der Waals surface area contributed by atoms with E-state index in [0.717, 1.165) is 6.07 Å². The second-order valence-electron chi connectivity index (χ2n) is 3.71. The standard InChI is InChI=1S/C12H11Cl2NO4S/c1-3-6-15-12(16)8(2)19-11-5-4-9(7-10(11)13)20(14,17)18/h1,4-5,7-8H,6H2,2H3,(H,15,16). The Kier molecular flexibility index (Phi) is 5.69. The number of ether oxygens (including phenoxy) is 1. The first-order valence-electron chi connectivity index (χ1n) is 5.37. The number of amides is 1. The van der Waals surface area contributed by atoms with E-state index in [0.29, 0.717) is 0 Å². The SMILES string of the molecule is C#CCNC(=O)C(C)Oc1ccc(S(=O)(=O)Cl)cc1Cl. The quantitative estimate of drug-likeness (QED) is 0.657. The minimum Gasteiger partial charge on any atom is -0.479 e. The predicted octanol–water partition coefficient (Wildman–Crippen LogP) is 1.78. The van der Waals surface area contributed by atoms with Crippen LogP contribution in [0.25, 0.3) is 0 Å². The topological polar surface area (TPSA) is 72.5 Å². The van der Waals surface area contributed by atoms with E-state index in [4.69, 9.17) is 33.4 Å². The molecule has 1 unspecified atom stereocenters. The summed E-state index contributed by atoms with van der Waals surface area (Å²) in [5, 5.41) is 2.48. The van der Waals surface area contributed by atoms with E-state index < -0.39 is 21.1 Å². The molecule has 0 aromatic heterocycles. The third-order valence-corrected chi connectivity index (χ3v) is 3.87. The summed E-state index contributed by atoms with van der Waals surface area (Å²) < 4.78 is 27.6. The molecule has 1 amide bonds. The van der Waals surface area contributed by atoms with Crippen LogP contribution in [0.4, 0.5) is 0 Å². The number of benzene rings is 1. The van der Waals surface area contributed by atoms with Crippen molar-refractivity contribution >= 4 is 37.2 Å². The summed E-state index contributed by atoms with van der Waals surface area (Å²) in [7, 11) is 1.32. The molecule has 1 N–H and O–H groups in total. The first kappa shape index (κ1) is 16.6. The van der Waals surface area contributed by atoms with Crippen molar-refractivity contribution in [1.82, 2.24) is 5.32 Å². The zero-order valence-electron chi connectivity index (χ0n) is 10.4. The van der Waals surface area contributed by atoms with Crippen LogP contribution in [0.1, 0.15) is 6.92 Å². The largest absolute Gasteiger partial charge is 0.479 e. The minimum absolute atomic E-state index is 0.0309. The van der Waals surface area contributed by atoms with Crippen molar-refractivity contribution in [3.05, 3.63) is 23.2 Å². The average molecular weight is 336 g/mol. The summed E-state index contributed by atoms with van der Waals surface area (Å²) in [6, 6.07) is 3.70. The number of nitrogens with one attached hydrogen (secondary N) is 1. The van der Waals surface area contributed by atoms with Gasteiger partial charge in [-0.25, -0.2) is 8.42 Å². The molecular formula is C12H11Cl2NO4S. The summed E-state index contributed by atoms with van der Waals surface area (Å²) in [5.74, 6) is 2.01. The Morgan fingerprint density at radius 2 is 2.20 bits per heavy atom. The fraction of sp³-hybridized carbons (Fsp3) is 0.250. The Morgan fingerprint density at radius 1 is 1.55 bits per heavy atom. The maximum atomic E-state index is 11.6. The Balaban J connectivity index is 2.84. The van der Waals surface area contributed by atoms with Gasteiger partial charge in [0.1, 0.15) is 5.75 Å². The van der Waals surface area contributed by atoms with Gasteiger partial charge in [-0.15, -0.1) is 6.42 Å². The molecule has 0 aliphatic rings. The number of carbonyl (C=O) groups excluding carboxylic acids is 1. The van der Waals surface area contributed by atoms with Crippen LogP contribution >= 0.6 is 22.3 Å². The molecule has 108 valence electrons. The molecule has 0 saturated carbocycles. The highest BCUT2D eigenvalue weighted by atomic mass is 35.7. The van der Waals surface area contributed by atoms with Crippen molar-refractivity contribution < 1.29 is 17.9 Å². The zero-order chi connectivity index (χ0) is 15.3. The Labute approximate surface area is 126 Å². The molecule has 1 atom stereocenters. The summed E-state index contributed by atoms with van der Waals surface area (Å²) in [5.41, 5.74) is 0. The van der Waals surface area contributed by atoms with Crippen molar-refractivity contribution in [2.24, 2.45) is 0 Å².